The third-order valence-electron chi connectivity index (χ3n) is 6.02. The number of fused-ring (bicyclic) bond motifs is 3. The minimum Gasteiger partial charge on any atom is -0.378 e. The molecule has 2 aliphatic rings. The molecule has 28 heavy (non-hydrogen) atoms. The Balaban J connectivity index is 1.44. The van der Waals surface area contributed by atoms with E-state index in [9.17, 15) is 8.78 Å². The fraction of sp³-hybridized carbons (Fsp3) is 0.364. The molecule has 3 heterocycles. The lowest BCUT2D eigenvalue weighted by molar-refractivity contribution is 0.122. The molecule has 4 nitrogen and oxygen atoms in total. The minimum atomic E-state index is -0.205. The van der Waals surface area contributed by atoms with Gasteiger partial charge >= 0.3 is 0 Å². The van der Waals surface area contributed by atoms with E-state index in [0.717, 1.165) is 42.6 Å². The van der Waals surface area contributed by atoms with Crippen LogP contribution in [0.5, 0.6) is 0 Å². The third-order valence-corrected chi connectivity index (χ3v) is 6.02. The maximum absolute atomic E-state index is 14.8. The summed E-state index contributed by atoms with van der Waals surface area (Å²) in [6.45, 7) is 4.19. The highest BCUT2D eigenvalue weighted by Gasteiger charge is 2.24. The van der Waals surface area contributed by atoms with Gasteiger partial charge in [0.2, 0.25) is 0 Å². The number of hydrogen-bond donors (Lipinski definition) is 0. The predicted molar refractivity (Wildman–Crippen MR) is 107 cm³/mol. The van der Waals surface area contributed by atoms with E-state index in [2.05, 4.69) is 9.47 Å². The van der Waals surface area contributed by atoms with Gasteiger partial charge in [-0.2, -0.15) is 0 Å². The van der Waals surface area contributed by atoms with Crippen LogP contribution in [-0.4, -0.2) is 37.4 Å². The molecule has 5 rings (SSSR count). The summed E-state index contributed by atoms with van der Waals surface area (Å²) in [6.07, 6.45) is 0.822. The van der Waals surface area contributed by atoms with Crippen LogP contribution < -0.4 is 9.80 Å². The quantitative estimate of drug-likeness (QED) is 0.671. The van der Waals surface area contributed by atoms with Crippen LogP contribution in [0.25, 0.3) is 10.9 Å². The highest BCUT2D eigenvalue weighted by molar-refractivity contribution is 5.86. The lowest BCUT2D eigenvalue weighted by Gasteiger charge is -2.32. The average Bonchev–Trinajstić information content (AvgIpc) is 2.99. The fourth-order valence-corrected chi connectivity index (χ4v) is 4.51. The van der Waals surface area contributed by atoms with Crippen LogP contribution in [0, 0.1) is 11.6 Å². The van der Waals surface area contributed by atoms with Crippen molar-refractivity contribution >= 4 is 22.3 Å². The lowest BCUT2D eigenvalue weighted by Crippen LogP contribution is -2.37. The molecule has 0 atom stereocenters. The average molecular weight is 383 g/mol. The summed E-state index contributed by atoms with van der Waals surface area (Å²) in [6, 6.07) is 10.5. The molecule has 0 aliphatic carbocycles. The van der Waals surface area contributed by atoms with Crippen molar-refractivity contribution in [3.8, 4) is 0 Å². The Labute approximate surface area is 162 Å². The van der Waals surface area contributed by atoms with E-state index in [0.29, 0.717) is 25.4 Å². The molecule has 0 spiro atoms. The first-order valence-electron chi connectivity index (χ1n) is 9.75. The SMILES string of the molecule is Cn1c2c(c3cc(F)ccc31)CCN(c1ccc(N3CCOCC3)c(F)c1)C2. The van der Waals surface area contributed by atoms with Crippen molar-refractivity contribution in [1.82, 2.24) is 4.57 Å². The van der Waals surface area contributed by atoms with Crippen molar-refractivity contribution in [3.05, 3.63) is 59.3 Å². The zero-order valence-corrected chi connectivity index (χ0v) is 15.9. The van der Waals surface area contributed by atoms with Crippen molar-refractivity contribution in [2.45, 2.75) is 13.0 Å². The zero-order chi connectivity index (χ0) is 19.3. The third kappa shape index (κ3) is 2.83. The molecule has 2 aliphatic heterocycles. The Kier molecular flexibility index (Phi) is 4.23. The zero-order valence-electron chi connectivity index (χ0n) is 15.9. The minimum absolute atomic E-state index is 0.190. The maximum Gasteiger partial charge on any atom is 0.148 e. The second-order valence-corrected chi connectivity index (χ2v) is 7.55. The molecule has 0 unspecified atom stereocenters. The van der Waals surface area contributed by atoms with Gasteiger partial charge in [-0.3, -0.25) is 0 Å². The Hall–Kier alpha value is -2.60. The second-order valence-electron chi connectivity index (χ2n) is 7.55. The summed E-state index contributed by atoms with van der Waals surface area (Å²) in [7, 11) is 2.02. The summed E-state index contributed by atoms with van der Waals surface area (Å²) < 4.78 is 36.0. The molecule has 0 bridgehead atoms. The van der Waals surface area contributed by atoms with E-state index in [1.807, 2.05) is 30.1 Å². The van der Waals surface area contributed by atoms with Crippen LogP contribution in [0.4, 0.5) is 20.2 Å². The van der Waals surface area contributed by atoms with Gasteiger partial charge in [-0.1, -0.05) is 0 Å². The van der Waals surface area contributed by atoms with Gasteiger partial charge in [-0.15, -0.1) is 0 Å². The van der Waals surface area contributed by atoms with Gasteiger partial charge in [0, 0.05) is 49.0 Å². The standard InChI is InChI=1S/C22H23F2N3O/c1-25-20-4-2-15(23)12-18(20)17-6-7-27(14-22(17)25)16-3-5-21(19(24)13-16)26-8-10-28-11-9-26/h2-5,12-13H,6-11,14H2,1H3. The second kappa shape index (κ2) is 6.78. The van der Waals surface area contributed by atoms with E-state index >= 15 is 0 Å². The van der Waals surface area contributed by atoms with Gasteiger partial charge < -0.3 is 19.1 Å². The van der Waals surface area contributed by atoms with E-state index < -0.39 is 0 Å². The Morgan fingerprint density at radius 3 is 2.54 bits per heavy atom. The van der Waals surface area contributed by atoms with E-state index in [1.54, 1.807) is 12.1 Å². The van der Waals surface area contributed by atoms with Crippen molar-refractivity contribution in [2.75, 3.05) is 42.6 Å². The van der Waals surface area contributed by atoms with Crippen LogP contribution in [0.15, 0.2) is 36.4 Å². The van der Waals surface area contributed by atoms with Crippen LogP contribution in [0.1, 0.15) is 11.3 Å². The normalized spacial score (nSPS) is 17.2. The highest BCUT2D eigenvalue weighted by Crippen LogP contribution is 2.34. The van der Waals surface area contributed by atoms with Crippen LogP contribution in [0.2, 0.25) is 0 Å². The maximum atomic E-state index is 14.8. The molecular formula is C22H23F2N3O. The number of rotatable bonds is 2. The van der Waals surface area contributed by atoms with Gasteiger partial charge in [0.15, 0.2) is 0 Å². The van der Waals surface area contributed by atoms with Gasteiger partial charge in [0.25, 0.3) is 0 Å². The van der Waals surface area contributed by atoms with Crippen molar-refractivity contribution < 1.29 is 13.5 Å². The summed E-state index contributed by atoms with van der Waals surface area (Å²) in [4.78, 5) is 4.24. The molecular weight excluding hydrogens is 360 g/mol. The number of aryl methyl sites for hydroxylation is 1. The van der Waals surface area contributed by atoms with Crippen LogP contribution in [-0.2, 0) is 24.8 Å². The molecule has 1 aromatic heterocycles. The predicted octanol–water partition coefficient (Wildman–Crippen LogP) is 3.86. The number of hydrogen-bond acceptors (Lipinski definition) is 3. The molecule has 0 amide bonds. The Bertz CT molecular complexity index is 1040. The molecule has 6 heteroatoms. The molecule has 0 radical (unpaired) electrons. The number of halogens is 2. The van der Waals surface area contributed by atoms with E-state index in [-0.39, 0.29) is 11.6 Å². The number of aromatic nitrogens is 1. The van der Waals surface area contributed by atoms with Crippen molar-refractivity contribution in [1.29, 1.82) is 0 Å². The van der Waals surface area contributed by atoms with Crippen LogP contribution in [0.3, 0.4) is 0 Å². The van der Waals surface area contributed by atoms with Crippen molar-refractivity contribution in [2.24, 2.45) is 7.05 Å². The first-order valence-corrected chi connectivity index (χ1v) is 9.75. The molecule has 2 aromatic carbocycles. The number of anilines is 2. The Morgan fingerprint density at radius 1 is 0.929 bits per heavy atom. The smallest absolute Gasteiger partial charge is 0.148 e. The van der Waals surface area contributed by atoms with Gasteiger partial charge in [-0.25, -0.2) is 8.78 Å². The summed E-state index contributed by atoms with van der Waals surface area (Å²) in [5.41, 5.74) is 4.95. The first-order chi connectivity index (χ1) is 13.6. The lowest BCUT2D eigenvalue weighted by atomic mass is 10.0. The molecule has 1 saturated heterocycles. The summed E-state index contributed by atoms with van der Waals surface area (Å²) >= 11 is 0. The first kappa shape index (κ1) is 17.5. The van der Waals surface area contributed by atoms with Gasteiger partial charge in [-0.05, 0) is 48.4 Å². The highest BCUT2D eigenvalue weighted by atomic mass is 19.1. The van der Waals surface area contributed by atoms with Gasteiger partial charge in [0.05, 0.1) is 25.4 Å². The van der Waals surface area contributed by atoms with E-state index in [4.69, 9.17) is 4.74 Å². The monoisotopic (exact) mass is 383 g/mol. The molecule has 0 N–H and O–H groups in total. The Morgan fingerprint density at radius 2 is 1.75 bits per heavy atom. The van der Waals surface area contributed by atoms with Crippen LogP contribution >= 0.6 is 0 Å². The number of ether oxygens (including phenoxy) is 1. The molecule has 0 saturated carbocycles. The topological polar surface area (TPSA) is 20.6 Å². The summed E-state index contributed by atoms with van der Waals surface area (Å²) in [5.74, 6) is -0.395. The number of nitrogens with zero attached hydrogens (tertiary/aromatic N) is 3. The number of benzene rings is 2. The summed E-state index contributed by atoms with van der Waals surface area (Å²) in [5, 5.41) is 0.992. The largest absolute Gasteiger partial charge is 0.378 e. The number of morpholine rings is 1. The fourth-order valence-electron chi connectivity index (χ4n) is 4.51. The molecule has 1 fully saturated rings. The van der Waals surface area contributed by atoms with E-state index in [1.165, 1.54) is 17.3 Å². The molecule has 146 valence electrons. The molecule has 3 aromatic rings. The van der Waals surface area contributed by atoms with Crippen molar-refractivity contribution in [3.63, 3.8) is 0 Å². The van der Waals surface area contributed by atoms with Gasteiger partial charge in [0.1, 0.15) is 11.6 Å².